The van der Waals surface area contributed by atoms with Gasteiger partial charge in [0, 0.05) is 49.1 Å². The lowest BCUT2D eigenvalue weighted by molar-refractivity contribution is -0.122. The first kappa shape index (κ1) is 23.5. The lowest BCUT2D eigenvalue weighted by Crippen LogP contribution is -2.49. The zero-order chi connectivity index (χ0) is 24.2. The van der Waals surface area contributed by atoms with E-state index in [1.165, 1.54) is 11.1 Å². The zero-order valence-electron chi connectivity index (χ0n) is 20.1. The zero-order valence-corrected chi connectivity index (χ0v) is 21.2. The standard InChI is InChI=1S/C28H32N5OP/c1-19-8-10-22-24(17-19)31-27(23-6-2-3-7-25(23)35)32-28(22)33-15-12-21(13-16-33)30-26(34)11-9-20-5-4-14-29-18-20/h2-8,10,14,17-18,21,24H,9,11-13,15-16,35H2,1H3,(H,30,34)(H,31,32). The number of hydrogen-bond acceptors (Lipinski definition) is 5. The Bertz CT molecular complexity index is 1210. The number of rotatable bonds is 6. The van der Waals surface area contributed by atoms with E-state index in [2.05, 4.69) is 73.1 Å². The number of likely N-dealkylation sites (tertiary alicyclic amines) is 1. The molecule has 3 aliphatic rings. The Morgan fingerprint density at radius 1 is 1.17 bits per heavy atom. The van der Waals surface area contributed by atoms with Crippen LogP contribution in [0, 0.1) is 0 Å². The summed E-state index contributed by atoms with van der Waals surface area (Å²) in [4.78, 5) is 24.1. The molecule has 0 saturated carbocycles. The van der Waals surface area contributed by atoms with Gasteiger partial charge in [0.15, 0.2) is 0 Å². The van der Waals surface area contributed by atoms with Crippen molar-refractivity contribution in [3.63, 3.8) is 0 Å². The van der Waals surface area contributed by atoms with Gasteiger partial charge in [-0.2, -0.15) is 0 Å². The highest BCUT2D eigenvalue weighted by molar-refractivity contribution is 7.27. The molecule has 2 aliphatic heterocycles. The van der Waals surface area contributed by atoms with E-state index in [0.717, 1.165) is 60.4 Å². The summed E-state index contributed by atoms with van der Waals surface area (Å²) in [5.74, 6) is 2.16. The van der Waals surface area contributed by atoms with Gasteiger partial charge in [-0.15, -0.1) is 9.24 Å². The molecule has 1 saturated heterocycles. The van der Waals surface area contributed by atoms with Gasteiger partial charge in [0.1, 0.15) is 11.7 Å². The van der Waals surface area contributed by atoms with Crippen LogP contribution < -0.4 is 15.9 Å². The number of piperidine rings is 1. The predicted molar refractivity (Wildman–Crippen MR) is 144 cm³/mol. The van der Waals surface area contributed by atoms with Crippen LogP contribution in [0.3, 0.4) is 0 Å². The molecule has 1 aliphatic carbocycles. The summed E-state index contributed by atoms with van der Waals surface area (Å²) < 4.78 is 0. The Balaban J connectivity index is 1.24. The second kappa shape index (κ2) is 10.6. The first-order valence-electron chi connectivity index (χ1n) is 12.3. The van der Waals surface area contributed by atoms with Crippen molar-refractivity contribution in [1.82, 2.24) is 20.5 Å². The fourth-order valence-electron chi connectivity index (χ4n) is 4.86. The van der Waals surface area contributed by atoms with Crippen LogP contribution in [0.2, 0.25) is 0 Å². The van der Waals surface area contributed by atoms with Crippen LogP contribution in [0.5, 0.6) is 0 Å². The van der Waals surface area contributed by atoms with Crippen molar-refractivity contribution in [1.29, 1.82) is 0 Å². The summed E-state index contributed by atoms with van der Waals surface area (Å²) in [6, 6.07) is 12.4. The van der Waals surface area contributed by atoms with Crippen LogP contribution in [0.1, 0.15) is 37.3 Å². The molecule has 3 heterocycles. The highest BCUT2D eigenvalue weighted by Gasteiger charge is 2.30. The second-order valence-corrected chi connectivity index (χ2v) is 9.99. The molecule has 1 aromatic heterocycles. The molecule has 2 unspecified atom stereocenters. The number of allylic oxidation sites excluding steroid dienone is 2. The van der Waals surface area contributed by atoms with E-state index in [-0.39, 0.29) is 18.0 Å². The van der Waals surface area contributed by atoms with Gasteiger partial charge in [0.25, 0.3) is 0 Å². The number of aryl methyl sites for hydroxylation is 1. The van der Waals surface area contributed by atoms with Crippen LogP contribution in [0.25, 0.3) is 0 Å². The molecule has 2 aromatic rings. The van der Waals surface area contributed by atoms with Crippen LogP contribution >= 0.6 is 9.24 Å². The third kappa shape index (κ3) is 5.54. The smallest absolute Gasteiger partial charge is 0.220 e. The van der Waals surface area contributed by atoms with Crippen molar-refractivity contribution < 1.29 is 4.79 Å². The molecule has 0 bridgehead atoms. The molecule has 2 N–H and O–H groups in total. The number of fused-ring (bicyclic) bond motifs is 1. The number of aliphatic imine (C=N–C) groups is 1. The Kier molecular flexibility index (Phi) is 7.10. The summed E-state index contributed by atoms with van der Waals surface area (Å²) in [6.07, 6.45) is 13.2. The third-order valence-corrected chi connectivity index (χ3v) is 7.30. The maximum absolute atomic E-state index is 12.5. The summed E-state index contributed by atoms with van der Waals surface area (Å²) in [5, 5.41) is 8.03. The van der Waals surface area contributed by atoms with Crippen molar-refractivity contribution in [2.75, 3.05) is 13.1 Å². The number of nitrogens with one attached hydrogen (secondary N) is 2. The molecule has 0 spiro atoms. The van der Waals surface area contributed by atoms with Crippen LogP contribution in [0.15, 0.2) is 89.0 Å². The third-order valence-electron chi connectivity index (χ3n) is 6.80. The molecule has 1 aromatic carbocycles. The number of aromatic nitrogens is 1. The molecular formula is C28H32N5OP. The van der Waals surface area contributed by atoms with Crippen molar-refractivity contribution in [2.45, 2.75) is 44.7 Å². The van der Waals surface area contributed by atoms with Gasteiger partial charge < -0.3 is 15.5 Å². The number of amides is 1. The quantitative estimate of drug-likeness (QED) is 0.617. The minimum atomic E-state index is 0.0146. The molecule has 1 fully saturated rings. The number of hydrogen-bond donors (Lipinski definition) is 2. The maximum Gasteiger partial charge on any atom is 0.220 e. The summed E-state index contributed by atoms with van der Waals surface area (Å²) in [6.45, 7) is 3.90. The Hall–Kier alpha value is -3.24. The van der Waals surface area contributed by atoms with E-state index in [0.29, 0.717) is 6.42 Å². The molecule has 0 radical (unpaired) electrons. The van der Waals surface area contributed by atoms with Gasteiger partial charge in [0.2, 0.25) is 5.91 Å². The number of pyridine rings is 1. The molecule has 7 heteroatoms. The predicted octanol–water partition coefficient (Wildman–Crippen LogP) is 3.24. The molecule has 1 amide bonds. The average Bonchev–Trinajstić information content (AvgIpc) is 2.88. The lowest BCUT2D eigenvalue weighted by Gasteiger charge is -2.39. The van der Waals surface area contributed by atoms with Crippen LogP contribution in [0.4, 0.5) is 0 Å². The molecule has 2 atom stereocenters. The molecule has 6 nitrogen and oxygen atoms in total. The van der Waals surface area contributed by atoms with E-state index in [1.54, 1.807) is 6.20 Å². The van der Waals surface area contributed by atoms with Crippen LogP contribution in [-0.2, 0) is 11.2 Å². The molecular weight excluding hydrogens is 453 g/mol. The molecule has 35 heavy (non-hydrogen) atoms. The number of amidine groups is 1. The Morgan fingerprint density at radius 3 is 2.77 bits per heavy atom. The number of nitrogens with zero attached hydrogens (tertiary/aromatic N) is 3. The second-order valence-electron chi connectivity index (χ2n) is 9.37. The molecule has 5 rings (SSSR count). The van der Waals surface area contributed by atoms with E-state index in [1.807, 2.05) is 24.4 Å². The minimum absolute atomic E-state index is 0.0146. The summed E-state index contributed by atoms with van der Waals surface area (Å²) in [7, 11) is 2.82. The Labute approximate surface area is 209 Å². The monoisotopic (exact) mass is 485 g/mol. The largest absolute Gasteiger partial charge is 0.358 e. The van der Waals surface area contributed by atoms with Crippen molar-refractivity contribution >= 4 is 26.3 Å². The highest BCUT2D eigenvalue weighted by Crippen LogP contribution is 2.28. The van der Waals surface area contributed by atoms with Crippen molar-refractivity contribution in [2.24, 2.45) is 4.99 Å². The van der Waals surface area contributed by atoms with E-state index in [9.17, 15) is 4.79 Å². The number of benzene rings is 1. The van der Waals surface area contributed by atoms with Crippen molar-refractivity contribution in [3.8, 4) is 0 Å². The first-order chi connectivity index (χ1) is 17.1. The fraction of sp³-hybridized carbons (Fsp3) is 0.321. The van der Waals surface area contributed by atoms with E-state index < -0.39 is 0 Å². The number of carbonyl (C=O) groups excluding carboxylic acids is 1. The minimum Gasteiger partial charge on any atom is -0.358 e. The highest BCUT2D eigenvalue weighted by atomic mass is 31.0. The van der Waals surface area contributed by atoms with Gasteiger partial charge >= 0.3 is 0 Å². The normalized spacial score (nSPS) is 20.1. The maximum atomic E-state index is 12.5. The van der Waals surface area contributed by atoms with Gasteiger partial charge in [-0.25, -0.2) is 0 Å². The van der Waals surface area contributed by atoms with E-state index in [4.69, 9.17) is 4.99 Å². The van der Waals surface area contributed by atoms with Gasteiger partial charge in [-0.05, 0) is 43.1 Å². The molecule has 180 valence electrons. The first-order valence-corrected chi connectivity index (χ1v) is 12.9. The number of carbonyl (C=O) groups is 1. The van der Waals surface area contributed by atoms with Crippen molar-refractivity contribution in [3.05, 3.63) is 95.1 Å². The average molecular weight is 486 g/mol. The van der Waals surface area contributed by atoms with Crippen LogP contribution in [-0.4, -0.2) is 46.8 Å². The fourth-order valence-corrected chi connectivity index (χ4v) is 5.20. The summed E-state index contributed by atoms with van der Waals surface area (Å²) in [5.41, 5.74) is 4.64. The van der Waals surface area contributed by atoms with E-state index >= 15 is 0 Å². The topological polar surface area (TPSA) is 69.6 Å². The van der Waals surface area contributed by atoms with Gasteiger partial charge in [0.05, 0.1) is 6.04 Å². The van der Waals surface area contributed by atoms with Gasteiger partial charge in [-0.3, -0.25) is 14.8 Å². The SMILES string of the molecule is CC1=CC2N=C(c3ccccc3P)NC(N3CCC(NC(=O)CCc4cccnc4)CC3)=C2C=C1. The Morgan fingerprint density at radius 2 is 2.00 bits per heavy atom. The summed E-state index contributed by atoms with van der Waals surface area (Å²) >= 11 is 0. The lowest BCUT2D eigenvalue weighted by atomic mass is 9.95. The van der Waals surface area contributed by atoms with Gasteiger partial charge in [-0.1, -0.05) is 54.1 Å².